The summed E-state index contributed by atoms with van der Waals surface area (Å²) in [7, 11) is 3.50. The maximum atomic E-state index is 12.1. The van der Waals surface area contributed by atoms with Gasteiger partial charge in [0.05, 0.1) is 19.7 Å². The summed E-state index contributed by atoms with van der Waals surface area (Å²) < 4.78 is 10.1. The summed E-state index contributed by atoms with van der Waals surface area (Å²) in [5.74, 6) is 0.718. The van der Waals surface area contributed by atoms with Crippen LogP contribution in [0.4, 0.5) is 0 Å². The molecule has 0 radical (unpaired) electrons. The van der Waals surface area contributed by atoms with Crippen LogP contribution in [-0.4, -0.2) is 36.7 Å². The van der Waals surface area contributed by atoms with E-state index >= 15 is 0 Å². The highest BCUT2D eigenvalue weighted by atomic mass is 16.5. The van der Waals surface area contributed by atoms with E-state index in [1.807, 2.05) is 43.1 Å². The van der Waals surface area contributed by atoms with Gasteiger partial charge in [-0.05, 0) is 20.0 Å². The van der Waals surface area contributed by atoms with Gasteiger partial charge in [-0.25, -0.2) is 0 Å². The molecular weight excluding hydrogens is 282 g/mol. The van der Waals surface area contributed by atoms with Gasteiger partial charge in [-0.15, -0.1) is 0 Å². The van der Waals surface area contributed by atoms with Gasteiger partial charge in [0, 0.05) is 18.2 Å². The van der Waals surface area contributed by atoms with Crippen LogP contribution in [0.2, 0.25) is 0 Å². The summed E-state index contributed by atoms with van der Waals surface area (Å²) in [6.07, 6.45) is 1.53. The van der Waals surface area contributed by atoms with Crippen molar-refractivity contribution in [1.29, 1.82) is 0 Å². The lowest BCUT2D eigenvalue weighted by Crippen LogP contribution is -2.36. The number of amides is 1. The van der Waals surface area contributed by atoms with E-state index in [0.29, 0.717) is 6.54 Å². The first-order valence-electron chi connectivity index (χ1n) is 7.11. The van der Waals surface area contributed by atoms with E-state index in [1.165, 1.54) is 6.26 Å². The molecule has 1 amide bonds. The number of nitrogens with one attached hydrogen (secondary N) is 1. The summed E-state index contributed by atoms with van der Waals surface area (Å²) in [6, 6.07) is 9.44. The fraction of sp³-hybridized carbons (Fsp3) is 0.375. The molecule has 1 N–H and O–H groups in total. The molecule has 1 heterocycles. The standard InChI is InChI=1S/C16H21N3O3/c1-12(14-8-9-22-18-14)19(2)11-16(20)17-10-13-6-4-5-7-15(13)21-3/h4-9,12H,10-11H2,1-3H3,(H,17,20)/t12-/m0/s1. The normalized spacial score (nSPS) is 12.2. The van der Waals surface area contributed by atoms with E-state index in [9.17, 15) is 4.79 Å². The van der Waals surface area contributed by atoms with Crippen LogP contribution in [0.3, 0.4) is 0 Å². The Labute approximate surface area is 130 Å². The zero-order valence-electron chi connectivity index (χ0n) is 13.1. The zero-order chi connectivity index (χ0) is 15.9. The third kappa shape index (κ3) is 4.08. The Hall–Kier alpha value is -2.34. The number of carbonyl (C=O) groups excluding carboxylic acids is 1. The number of hydrogen-bond acceptors (Lipinski definition) is 5. The fourth-order valence-electron chi connectivity index (χ4n) is 2.13. The van der Waals surface area contributed by atoms with E-state index in [1.54, 1.807) is 13.2 Å². The maximum Gasteiger partial charge on any atom is 0.234 e. The van der Waals surface area contributed by atoms with Crippen molar-refractivity contribution in [2.45, 2.75) is 19.5 Å². The Morgan fingerprint density at radius 2 is 2.18 bits per heavy atom. The van der Waals surface area contributed by atoms with Crippen LogP contribution < -0.4 is 10.1 Å². The maximum absolute atomic E-state index is 12.1. The third-order valence-electron chi connectivity index (χ3n) is 3.61. The third-order valence-corrected chi connectivity index (χ3v) is 3.61. The molecule has 0 fully saturated rings. The lowest BCUT2D eigenvalue weighted by Gasteiger charge is -2.22. The van der Waals surface area contributed by atoms with Crippen LogP contribution in [0.1, 0.15) is 24.2 Å². The molecule has 118 valence electrons. The van der Waals surface area contributed by atoms with Crippen molar-refractivity contribution in [2.75, 3.05) is 20.7 Å². The van der Waals surface area contributed by atoms with E-state index in [0.717, 1.165) is 17.0 Å². The minimum absolute atomic E-state index is 0.00996. The second-order valence-corrected chi connectivity index (χ2v) is 5.10. The number of nitrogens with zero attached hydrogens (tertiary/aromatic N) is 2. The zero-order valence-corrected chi connectivity index (χ0v) is 13.1. The summed E-state index contributed by atoms with van der Waals surface area (Å²) in [4.78, 5) is 14.0. The Kier molecular flexibility index (Phi) is 5.55. The van der Waals surface area contributed by atoms with E-state index in [2.05, 4.69) is 10.5 Å². The second kappa shape index (κ2) is 7.61. The average molecular weight is 303 g/mol. The molecule has 2 aromatic rings. The van der Waals surface area contributed by atoms with Gasteiger partial charge in [0.2, 0.25) is 5.91 Å². The van der Waals surface area contributed by atoms with Gasteiger partial charge in [0.25, 0.3) is 0 Å². The first-order valence-corrected chi connectivity index (χ1v) is 7.11. The summed E-state index contributed by atoms with van der Waals surface area (Å²) in [5, 5.41) is 6.80. The highest BCUT2D eigenvalue weighted by Gasteiger charge is 2.17. The van der Waals surface area contributed by atoms with Crippen LogP contribution in [-0.2, 0) is 11.3 Å². The molecule has 0 aliphatic heterocycles. The number of methoxy groups -OCH3 is 1. The molecule has 1 aromatic heterocycles. The number of hydrogen-bond donors (Lipinski definition) is 1. The van der Waals surface area contributed by atoms with Crippen LogP contribution >= 0.6 is 0 Å². The van der Waals surface area contributed by atoms with Crippen molar-refractivity contribution in [3.8, 4) is 5.75 Å². The van der Waals surface area contributed by atoms with Gasteiger partial charge < -0.3 is 14.6 Å². The van der Waals surface area contributed by atoms with Crippen LogP contribution in [0, 0.1) is 0 Å². The highest BCUT2D eigenvalue weighted by molar-refractivity contribution is 5.78. The van der Waals surface area contributed by atoms with Crippen molar-refractivity contribution in [3.63, 3.8) is 0 Å². The summed E-state index contributed by atoms with van der Waals surface area (Å²) in [6.45, 7) is 2.70. The van der Waals surface area contributed by atoms with E-state index < -0.39 is 0 Å². The largest absolute Gasteiger partial charge is 0.496 e. The summed E-state index contributed by atoms with van der Waals surface area (Å²) >= 11 is 0. The Balaban J connectivity index is 1.85. The van der Waals surface area contributed by atoms with Crippen molar-refractivity contribution >= 4 is 5.91 Å². The molecule has 0 aliphatic rings. The molecule has 0 aliphatic carbocycles. The molecule has 22 heavy (non-hydrogen) atoms. The topological polar surface area (TPSA) is 67.6 Å². The monoisotopic (exact) mass is 303 g/mol. The Morgan fingerprint density at radius 3 is 2.86 bits per heavy atom. The number of para-hydroxylation sites is 1. The van der Waals surface area contributed by atoms with E-state index in [-0.39, 0.29) is 18.5 Å². The first-order chi connectivity index (χ1) is 10.6. The van der Waals surface area contributed by atoms with Crippen LogP contribution in [0.5, 0.6) is 5.75 Å². The fourth-order valence-corrected chi connectivity index (χ4v) is 2.13. The lowest BCUT2D eigenvalue weighted by atomic mass is 10.2. The van der Waals surface area contributed by atoms with Crippen molar-refractivity contribution < 1.29 is 14.1 Å². The predicted octanol–water partition coefficient (Wildman–Crippen LogP) is 1.99. The minimum Gasteiger partial charge on any atom is -0.496 e. The molecule has 0 unspecified atom stereocenters. The minimum atomic E-state index is -0.0521. The van der Waals surface area contributed by atoms with Crippen molar-refractivity contribution in [3.05, 3.63) is 47.9 Å². The lowest BCUT2D eigenvalue weighted by molar-refractivity contribution is -0.122. The van der Waals surface area contributed by atoms with Gasteiger partial charge in [0.15, 0.2) is 0 Å². The molecule has 1 aromatic carbocycles. The number of aromatic nitrogens is 1. The number of likely N-dealkylation sites (N-methyl/N-ethyl adjacent to an activating group) is 1. The van der Waals surface area contributed by atoms with Gasteiger partial charge in [-0.3, -0.25) is 9.69 Å². The summed E-state index contributed by atoms with van der Waals surface area (Å²) in [5.41, 5.74) is 1.76. The van der Waals surface area contributed by atoms with Crippen LogP contribution in [0.15, 0.2) is 41.1 Å². The highest BCUT2D eigenvalue weighted by Crippen LogP contribution is 2.17. The van der Waals surface area contributed by atoms with Gasteiger partial charge >= 0.3 is 0 Å². The number of benzene rings is 1. The molecule has 6 heteroatoms. The van der Waals surface area contributed by atoms with E-state index in [4.69, 9.17) is 9.26 Å². The second-order valence-electron chi connectivity index (χ2n) is 5.10. The van der Waals surface area contributed by atoms with Gasteiger partial charge in [-0.1, -0.05) is 23.4 Å². The Morgan fingerprint density at radius 1 is 1.41 bits per heavy atom. The molecule has 6 nitrogen and oxygen atoms in total. The SMILES string of the molecule is COc1ccccc1CNC(=O)CN(C)[C@@H](C)c1ccon1. The molecule has 0 spiro atoms. The Bertz CT molecular complexity index is 598. The molecule has 1 atom stereocenters. The van der Waals surface area contributed by atoms with Crippen molar-refractivity contribution in [1.82, 2.24) is 15.4 Å². The smallest absolute Gasteiger partial charge is 0.234 e. The number of ether oxygens (including phenoxy) is 1. The molecule has 2 rings (SSSR count). The van der Waals surface area contributed by atoms with Gasteiger partial charge in [-0.2, -0.15) is 0 Å². The average Bonchev–Trinajstić information content (AvgIpc) is 3.06. The number of carbonyl (C=O) groups is 1. The molecule has 0 saturated heterocycles. The quantitative estimate of drug-likeness (QED) is 0.847. The predicted molar refractivity (Wildman–Crippen MR) is 82.4 cm³/mol. The first kappa shape index (κ1) is 16.0. The molecular formula is C16H21N3O3. The molecule has 0 bridgehead atoms. The van der Waals surface area contributed by atoms with Crippen molar-refractivity contribution in [2.24, 2.45) is 0 Å². The molecule has 0 saturated carbocycles. The van der Waals surface area contributed by atoms with Crippen LogP contribution in [0.25, 0.3) is 0 Å². The van der Waals surface area contributed by atoms with Gasteiger partial charge in [0.1, 0.15) is 17.7 Å². The number of rotatable bonds is 7.